The molecule has 0 atom stereocenters. The number of hydrogen-bond donors (Lipinski definition) is 1. The fourth-order valence-corrected chi connectivity index (χ4v) is 3.33. The molecule has 1 amide bonds. The average molecular weight is 453 g/mol. The van der Waals surface area contributed by atoms with Gasteiger partial charge in [0, 0.05) is 41.4 Å². The van der Waals surface area contributed by atoms with Crippen LogP contribution in [0.2, 0.25) is 5.02 Å². The third kappa shape index (κ3) is 4.27. The fourth-order valence-electron chi connectivity index (χ4n) is 3.07. The number of alkyl halides is 4. The number of nitrogens with one attached hydrogen (secondary N) is 1. The van der Waals surface area contributed by atoms with Gasteiger partial charge in [0.05, 0.1) is 5.02 Å². The van der Waals surface area contributed by atoms with Crippen LogP contribution in [0.3, 0.4) is 0 Å². The van der Waals surface area contributed by atoms with Crippen LogP contribution in [0.1, 0.15) is 22.8 Å². The first-order valence-corrected chi connectivity index (χ1v) is 9.26. The summed E-state index contributed by atoms with van der Waals surface area (Å²) in [5, 5.41) is 2.58. The van der Waals surface area contributed by atoms with Crippen molar-refractivity contribution in [1.82, 2.24) is 4.98 Å². The molecule has 2 heterocycles. The number of carbonyl (C=O) groups excluding carboxylic acids is 1. The topological polar surface area (TPSA) is 60.5 Å². The molecule has 1 aliphatic heterocycles. The lowest BCUT2D eigenvalue weighted by Crippen LogP contribution is -2.25. The van der Waals surface area contributed by atoms with Crippen molar-refractivity contribution in [2.75, 3.05) is 5.32 Å². The number of anilines is 1. The van der Waals surface area contributed by atoms with Gasteiger partial charge >= 0.3 is 6.29 Å². The van der Waals surface area contributed by atoms with Gasteiger partial charge in [0.2, 0.25) is 0 Å². The zero-order chi connectivity index (χ0) is 22.4. The number of fused-ring (bicyclic) bond motifs is 1. The van der Waals surface area contributed by atoms with Gasteiger partial charge in [0.15, 0.2) is 11.5 Å². The third-order valence-corrected chi connectivity index (χ3v) is 4.76. The Morgan fingerprint density at radius 2 is 1.77 bits per heavy atom. The summed E-state index contributed by atoms with van der Waals surface area (Å²) < 4.78 is 62.8. The van der Waals surface area contributed by atoms with Crippen molar-refractivity contribution in [3.63, 3.8) is 0 Å². The van der Waals surface area contributed by atoms with E-state index in [2.05, 4.69) is 19.8 Å². The van der Waals surface area contributed by atoms with Crippen LogP contribution in [0.25, 0.3) is 11.1 Å². The van der Waals surface area contributed by atoms with E-state index in [0.29, 0.717) is 18.1 Å². The summed E-state index contributed by atoms with van der Waals surface area (Å²) in [7, 11) is 0. The van der Waals surface area contributed by atoms with Crippen molar-refractivity contribution in [2.45, 2.75) is 19.1 Å². The minimum Gasteiger partial charge on any atom is -0.395 e. The number of carbonyl (C=O) groups is 1. The molecule has 160 valence electrons. The van der Waals surface area contributed by atoms with E-state index in [4.69, 9.17) is 11.6 Å². The van der Waals surface area contributed by atoms with E-state index >= 15 is 0 Å². The number of pyridine rings is 1. The Kier molecular flexibility index (Phi) is 5.01. The monoisotopic (exact) mass is 452 g/mol. The third-order valence-electron chi connectivity index (χ3n) is 4.45. The van der Waals surface area contributed by atoms with Crippen LogP contribution < -0.4 is 14.8 Å². The summed E-state index contributed by atoms with van der Waals surface area (Å²) in [6, 6.07) is 10.8. The van der Waals surface area contributed by atoms with Crippen molar-refractivity contribution < 1.29 is 31.8 Å². The smallest absolute Gasteiger partial charge is 0.395 e. The first-order chi connectivity index (χ1) is 14.5. The molecule has 0 aliphatic carbocycles. The summed E-state index contributed by atoms with van der Waals surface area (Å²) in [5.74, 6) is -4.22. The Morgan fingerprint density at radius 1 is 1.10 bits per heavy atom. The Hall–Kier alpha value is -3.33. The Balaban J connectivity index is 1.56. The second-order valence-electron chi connectivity index (χ2n) is 6.77. The van der Waals surface area contributed by atoms with Crippen molar-refractivity contribution in [3.05, 3.63) is 70.9 Å². The van der Waals surface area contributed by atoms with E-state index in [1.54, 1.807) is 0 Å². The standard InChI is InChI=1S/C21H13ClF4N2O3/c1-20(23,24)14-5-3-2-4-12(14)19(29)28-18-7-6-11(10-27-18)13-8-16-17(9-15(13)22)31-21(25,26)30-16/h2-10H,1H3,(H,27,28,29). The van der Waals surface area contributed by atoms with Gasteiger partial charge in [0.25, 0.3) is 11.8 Å². The highest BCUT2D eigenvalue weighted by molar-refractivity contribution is 6.33. The van der Waals surface area contributed by atoms with Crippen molar-refractivity contribution in [1.29, 1.82) is 0 Å². The Morgan fingerprint density at radius 3 is 2.42 bits per heavy atom. The lowest BCUT2D eigenvalue weighted by molar-refractivity contribution is -0.286. The maximum Gasteiger partial charge on any atom is 0.586 e. The van der Waals surface area contributed by atoms with Gasteiger partial charge in [-0.25, -0.2) is 13.8 Å². The molecule has 0 bridgehead atoms. The SMILES string of the molecule is CC(F)(F)c1ccccc1C(=O)Nc1ccc(-c2cc3c(cc2Cl)OC(F)(F)O3)cn1. The summed E-state index contributed by atoms with van der Waals surface area (Å²) in [6.45, 7) is 0.705. The highest BCUT2D eigenvalue weighted by Crippen LogP contribution is 2.46. The number of aromatic nitrogens is 1. The molecule has 0 unspecified atom stereocenters. The van der Waals surface area contributed by atoms with E-state index < -0.39 is 23.7 Å². The predicted octanol–water partition coefficient (Wildman–Crippen LogP) is 6.09. The normalized spacial score (nSPS) is 14.4. The molecule has 1 aliphatic rings. The summed E-state index contributed by atoms with van der Waals surface area (Å²) >= 11 is 6.15. The molecule has 1 N–H and O–H groups in total. The molecule has 10 heteroatoms. The molecule has 0 saturated heterocycles. The summed E-state index contributed by atoms with van der Waals surface area (Å²) in [4.78, 5) is 16.5. The van der Waals surface area contributed by atoms with E-state index in [1.165, 1.54) is 54.7 Å². The van der Waals surface area contributed by atoms with E-state index in [-0.39, 0.29) is 27.9 Å². The van der Waals surface area contributed by atoms with Gasteiger partial charge < -0.3 is 14.8 Å². The summed E-state index contributed by atoms with van der Waals surface area (Å²) in [6.07, 6.45) is -2.43. The number of rotatable bonds is 4. The van der Waals surface area contributed by atoms with E-state index in [1.807, 2.05) is 0 Å². The highest BCUT2D eigenvalue weighted by atomic mass is 35.5. The van der Waals surface area contributed by atoms with Gasteiger partial charge in [-0.1, -0.05) is 29.8 Å². The molecule has 0 saturated carbocycles. The zero-order valence-corrected chi connectivity index (χ0v) is 16.5. The van der Waals surface area contributed by atoms with Crippen molar-refractivity contribution in [2.24, 2.45) is 0 Å². The second kappa shape index (κ2) is 7.42. The number of ether oxygens (including phenoxy) is 2. The highest BCUT2D eigenvalue weighted by Gasteiger charge is 2.43. The second-order valence-corrected chi connectivity index (χ2v) is 7.17. The van der Waals surface area contributed by atoms with Crippen molar-refractivity contribution in [3.8, 4) is 22.6 Å². The maximum atomic E-state index is 13.8. The van der Waals surface area contributed by atoms with Gasteiger partial charge in [-0.2, -0.15) is 0 Å². The Labute approximate surface area is 178 Å². The van der Waals surface area contributed by atoms with Gasteiger partial charge in [-0.05, 0) is 24.3 Å². The van der Waals surface area contributed by atoms with Crippen LogP contribution in [0.5, 0.6) is 11.5 Å². The lowest BCUT2D eigenvalue weighted by Gasteiger charge is -2.15. The predicted molar refractivity (Wildman–Crippen MR) is 105 cm³/mol. The maximum absolute atomic E-state index is 13.8. The minimum atomic E-state index is -3.78. The van der Waals surface area contributed by atoms with Crippen molar-refractivity contribution >= 4 is 23.3 Å². The molecule has 0 spiro atoms. The molecule has 0 radical (unpaired) electrons. The van der Waals surface area contributed by atoms with Crippen LogP contribution >= 0.6 is 11.6 Å². The average Bonchev–Trinajstić information content (AvgIpc) is 3.00. The molecular formula is C21H13ClF4N2O3. The van der Waals surface area contributed by atoms with Crippen LogP contribution in [-0.2, 0) is 5.92 Å². The quantitative estimate of drug-likeness (QED) is 0.487. The van der Waals surface area contributed by atoms with E-state index in [9.17, 15) is 22.4 Å². The zero-order valence-electron chi connectivity index (χ0n) is 15.8. The van der Waals surface area contributed by atoms with Crippen LogP contribution in [-0.4, -0.2) is 17.2 Å². The molecular weight excluding hydrogens is 440 g/mol. The number of nitrogens with zero attached hydrogens (tertiary/aromatic N) is 1. The first kappa shape index (κ1) is 20.9. The van der Waals surface area contributed by atoms with Gasteiger partial charge in [-0.15, -0.1) is 8.78 Å². The summed E-state index contributed by atoms with van der Waals surface area (Å²) in [5.41, 5.74) is 0.210. The molecule has 2 aromatic carbocycles. The molecule has 31 heavy (non-hydrogen) atoms. The van der Waals surface area contributed by atoms with Crippen LogP contribution in [0.15, 0.2) is 54.7 Å². The van der Waals surface area contributed by atoms with Crippen LogP contribution in [0.4, 0.5) is 23.4 Å². The number of hydrogen-bond acceptors (Lipinski definition) is 4. The number of amides is 1. The molecule has 5 nitrogen and oxygen atoms in total. The molecule has 0 fully saturated rings. The van der Waals surface area contributed by atoms with E-state index in [0.717, 1.165) is 0 Å². The van der Waals surface area contributed by atoms with Gasteiger partial charge in [-0.3, -0.25) is 4.79 Å². The largest absolute Gasteiger partial charge is 0.586 e. The fraction of sp³-hybridized carbons (Fsp3) is 0.143. The lowest BCUT2D eigenvalue weighted by atomic mass is 10.0. The van der Waals surface area contributed by atoms with Crippen LogP contribution in [0, 0.1) is 0 Å². The molecule has 4 rings (SSSR count). The molecule has 3 aromatic rings. The minimum absolute atomic E-state index is 0.103. The number of halogens is 5. The first-order valence-electron chi connectivity index (χ1n) is 8.88. The van der Waals surface area contributed by atoms with Gasteiger partial charge in [0.1, 0.15) is 5.82 Å². The number of benzene rings is 2. The molecule has 1 aromatic heterocycles. The Bertz CT molecular complexity index is 1160.